The van der Waals surface area contributed by atoms with Crippen LogP contribution in [0.2, 0.25) is 0 Å². The van der Waals surface area contributed by atoms with Gasteiger partial charge in [0, 0.05) is 30.4 Å². The van der Waals surface area contributed by atoms with E-state index >= 15 is 0 Å². The molecular formula is C15H20N6. The molecule has 1 aromatic heterocycles. The number of nitrogens with zero attached hydrogens (tertiary/aromatic N) is 5. The summed E-state index contributed by atoms with van der Waals surface area (Å²) in [6.07, 6.45) is 5.59. The number of hydrogen-bond acceptors (Lipinski definition) is 5. The van der Waals surface area contributed by atoms with Gasteiger partial charge in [0.2, 0.25) is 0 Å². The number of hydrogen-bond donors (Lipinski definition) is 1. The van der Waals surface area contributed by atoms with Crippen molar-refractivity contribution in [2.75, 3.05) is 11.9 Å². The van der Waals surface area contributed by atoms with Crippen LogP contribution >= 0.6 is 0 Å². The molecule has 1 aromatic carbocycles. The Balaban J connectivity index is 1.46. The maximum Gasteiger partial charge on any atom is 0.143 e. The lowest BCUT2D eigenvalue weighted by Crippen LogP contribution is -2.31. The van der Waals surface area contributed by atoms with Crippen molar-refractivity contribution in [2.45, 2.75) is 44.3 Å². The van der Waals surface area contributed by atoms with E-state index in [2.05, 4.69) is 44.8 Å². The smallest absolute Gasteiger partial charge is 0.143 e. The molecule has 2 atom stereocenters. The zero-order chi connectivity index (χ0) is 14.2. The Morgan fingerprint density at radius 3 is 2.95 bits per heavy atom. The Labute approximate surface area is 124 Å². The summed E-state index contributed by atoms with van der Waals surface area (Å²) in [7, 11) is 0. The Hall–Kier alpha value is -1.95. The van der Waals surface area contributed by atoms with Gasteiger partial charge in [0.15, 0.2) is 0 Å². The molecular weight excluding hydrogens is 264 g/mol. The molecule has 4 rings (SSSR count). The number of nitrogens with one attached hydrogen (secondary N) is 1. The predicted octanol–water partition coefficient (Wildman–Crippen LogP) is 1.70. The first-order chi connectivity index (χ1) is 10.3. The topological polar surface area (TPSA) is 58.9 Å². The first-order valence-corrected chi connectivity index (χ1v) is 7.65. The zero-order valence-electron chi connectivity index (χ0n) is 12.2. The molecule has 6 nitrogen and oxygen atoms in total. The summed E-state index contributed by atoms with van der Waals surface area (Å²) in [6, 6.07) is 10.3. The number of benzene rings is 1. The average Bonchev–Trinajstić information content (AvgIpc) is 3.04. The predicted molar refractivity (Wildman–Crippen MR) is 80.4 cm³/mol. The molecule has 2 aromatic rings. The number of likely N-dealkylation sites (tertiary alicyclic amines) is 1. The summed E-state index contributed by atoms with van der Waals surface area (Å²) in [4.78, 5) is 2.66. The minimum absolute atomic E-state index is 0.532. The van der Waals surface area contributed by atoms with Gasteiger partial charge in [-0.15, -0.1) is 5.10 Å². The van der Waals surface area contributed by atoms with Gasteiger partial charge in [-0.1, -0.05) is 6.07 Å². The van der Waals surface area contributed by atoms with Gasteiger partial charge in [0.25, 0.3) is 0 Å². The van der Waals surface area contributed by atoms with Crippen molar-refractivity contribution in [3.63, 3.8) is 0 Å². The molecule has 1 saturated carbocycles. The van der Waals surface area contributed by atoms with Crippen LogP contribution in [0.5, 0.6) is 0 Å². The molecule has 110 valence electrons. The Morgan fingerprint density at radius 1 is 1.29 bits per heavy atom. The van der Waals surface area contributed by atoms with Crippen molar-refractivity contribution in [3.8, 4) is 5.69 Å². The Kier molecular flexibility index (Phi) is 3.11. The van der Waals surface area contributed by atoms with Crippen molar-refractivity contribution in [3.05, 3.63) is 30.6 Å². The quantitative estimate of drug-likeness (QED) is 0.926. The molecule has 21 heavy (non-hydrogen) atoms. The van der Waals surface area contributed by atoms with Gasteiger partial charge >= 0.3 is 0 Å². The van der Waals surface area contributed by atoms with E-state index in [0.717, 1.165) is 24.0 Å². The van der Waals surface area contributed by atoms with E-state index in [0.29, 0.717) is 12.1 Å². The molecule has 1 aliphatic heterocycles. The van der Waals surface area contributed by atoms with Crippen molar-refractivity contribution >= 4 is 5.69 Å². The maximum atomic E-state index is 3.93. The first-order valence-electron chi connectivity index (χ1n) is 7.65. The Bertz CT molecular complexity index is 606. The molecule has 2 unspecified atom stereocenters. The van der Waals surface area contributed by atoms with E-state index in [1.807, 2.05) is 12.1 Å². The lowest BCUT2D eigenvalue weighted by Gasteiger charge is -2.20. The molecule has 0 spiro atoms. The van der Waals surface area contributed by atoms with Crippen molar-refractivity contribution in [1.29, 1.82) is 0 Å². The zero-order valence-corrected chi connectivity index (χ0v) is 12.2. The van der Waals surface area contributed by atoms with Crippen LogP contribution in [0.1, 0.15) is 26.2 Å². The third-order valence-corrected chi connectivity index (χ3v) is 4.47. The number of aromatic nitrogens is 4. The lowest BCUT2D eigenvalue weighted by atomic mass is 10.2. The van der Waals surface area contributed by atoms with Crippen LogP contribution in [-0.2, 0) is 0 Å². The van der Waals surface area contributed by atoms with Crippen molar-refractivity contribution in [1.82, 2.24) is 25.1 Å². The molecule has 2 fully saturated rings. The van der Waals surface area contributed by atoms with Crippen molar-refractivity contribution in [2.24, 2.45) is 0 Å². The van der Waals surface area contributed by atoms with Gasteiger partial charge in [-0.25, -0.2) is 4.68 Å². The molecule has 6 heteroatoms. The normalized spacial score (nSPS) is 26.1. The van der Waals surface area contributed by atoms with Crippen LogP contribution in [-0.4, -0.2) is 49.8 Å². The van der Waals surface area contributed by atoms with Crippen LogP contribution in [0.3, 0.4) is 0 Å². The van der Waals surface area contributed by atoms with E-state index in [-0.39, 0.29) is 0 Å². The SMILES string of the molecule is CC1CC(Nc2cccc(-n3cnnn3)c2)CN1C1CC1. The molecule has 2 heterocycles. The minimum atomic E-state index is 0.532. The molecule has 0 bridgehead atoms. The highest BCUT2D eigenvalue weighted by atomic mass is 15.5. The third kappa shape index (κ3) is 2.63. The maximum absolute atomic E-state index is 3.93. The summed E-state index contributed by atoms with van der Waals surface area (Å²) in [5, 5.41) is 15.0. The molecule has 1 N–H and O–H groups in total. The molecule has 0 amide bonds. The van der Waals surface area contributed by atoms with Crippen LogP contribution in [0.15, 0.2) is 30.6 Å². The van der Waals surface area contributed by atoms with E-state index in [1.165, 1.54) is 19.3 Å². The number of rotatable bonds is 4. The fourth-order valence-corrected chi connectivity index (χ4v) is 3.33. The molecule has 0 radical (unpaired) electrons. The largest absolute Gasteiger partial charge is 0.381 e. The number of tetrazole rings is 1. The van der Waals surface area contributed by atoms with Gasteiger partial charge in [0.05, 0.1) is 5.69 Å². The fourth-order valence-electron chi connectivity index (χ4n) is 3.33. The average molecular weight is 284 g/mol. The highest BCUT2D eigenvalue weighted by Gasteiger charge is 2.38. The standard InChI is InChI=1S/C15H20N6/c1-11-7-13(9-20(11)14-5-6-14)17-12-3-2-4-15(8-12)21-10-16-18-19-21/h2-4,8,10-11,13-14,17H,5-7,9H2,1H3. The van der Waals surface area contributed by atoms with Gasteiger partial charge < -0.3 is 5.32 Å². The highest BCUT2D eigenvalue weighted by Crippen LogP contribution is 2.34. The summed E-state index contributed by atoms with van der Waals surface area (Å²) >= 11 is 0. The van der Waals surface area contributed by atoms with Gasteiger partial charge in [-0.3, -0.25) is 4.90 Å². The second-order valence-electron chi connectivity index (χ2n) is 6.16. The van der Waals surface area contributed by atoms with Crippen molar-refractivity contribution < 1.29 is 0 Å². The van der Waals surface area contributed by atoms with E-state index in [4.69, 9.17) is 0 Å². The fraction of sp³-hybridized carbons (Fsp3) is 0.533. The molecule has 1 aliphatic carbocycles. The van der Waals surface area contributed by atoms with Crippen LogP contribution in [0, 0.1) is 0 Å². The van der Waals surface area contributed by atoms with E-state index in [1.54, 1.807) is 11.0 Å². The summed E-state index contributed by atoms with van der Waals surface area (Å²) in [6.45, 7) is 3.50. The second-order valence-corrected chi connectivity index (χ2v) is 6.16. The van der Waals surface area contributed by atoms with Gasteiger partial charge in [-0.05, 0) is 54.8 Å². The van der Waals surface area contributed by atoms with E-state index in [9.17, 15) is 0 Å². The van der Waals surface area contributed by atoms with Crippen LogP contribution in [0.25, 0.3) is 5.69 Å². The minimum Gasteiger partial charge on any atom is -0.381 e. The van der Waals surface area contributed by atoms with E-state index < -0.39 is 0 Å². The Morgan fingerprint density at radius 2 is 2.19 bits per heavy atom. The van der Waals surface area contributed by atoms with Gasteiger partial charge in [-0.2, -0.15) is 0 Å². The second kappa shape index (κ2) is 5.11. The first kappa shape index (κ1) is 12.8. The van der Waals surface area contributed by atoms with Crippen LogP contribution < -0.4 is 5.32 Å². The third-order valence-electron chi connectivity index (χ3n) is 4.47. The summed E-state index contributed by atoms with van der Waals surface area (Å²) in [5.74, 6) is 0. The van der Waals surface area contributed by atoms with Gasteiger partial charge in [0.1, 0.15) is 6.33 Å². The summed E-state index contributed by atoms with van der Waals surface area (Å²) in [5.41, 5.74) is 2.12. The highest BCUT2D eigenvalue weighted by molar-refractivity contribution is 5.51. The molecule has 1 saturated heterocycles. The molecule has 2 aliphatic rings. The lowest BCUT2D eigenvalue weighted by molar-refractivity contribution is 0.257. The number of anilines is 1. The summed E-state index contributed by atoms with van der Waals surface area (Å²) < 4.78 is 1.68. The monoisotopic (exact) mass is 284 g/mol. The van der Waals surface area contributed by atoms with Crippen LogP contribution in [0.4, 0.5) is 5.69 Å².